The Morgan fingerprint density at radius 1 is 1.31 bits per heavy atom. The summed E-state index contributed by atoms with van der Waals surface area (Å²) in [4.78, 5) is 11.8. The van der Waals surface area contributed by atoms with Gasteiger partial charge in [0.2, 0.25) is 10.0 Å². The SMILES string of the molecule is CCOC(=O)/C(C#N)=C/Nc1cccc(S(=O)(=O)N2CCCCCC2)c1. The molecule has 0 aromatic heterocycles. The Morgan fingerprint density at radius 3 is 2.62 bits per heavy atom. The molecule has 0 atom stereocenters. The summed E-state index contributed by atoms with van der Waals surface area (Å²) in [5.41, 5.74) is 0.283. The molecule has 140 valence electrons. The number of carbonyl (C=O) groups excluding carboxylic acids is 1. The Kier molecular flexibility index (Phi) is 7.18. The van der Waals surface area contributed by atoms with Crippen molar-refractivity contribution in [2.24, 2.45) is 0 Å². The predicted octanol–water partition coefficient (Wildman–Crippen LogP) is 2.63. The first-order chi connectivity index (χ1) is 12.5. The van der Waals surface area contributed by atoms with Crippen molar-refractivity contribution >= 4 is 21.7 Å². The van der Waals surface area contributed by atoms with Crippen molar-refractivity contribution < 1.29 is 17.9 Å². The smallest absolute Gasteiger partial charge is 0.350 e. The molecule has 1 saturated heterocycles. The van der Waals surface area contributed by atoms with Gasteiger partial charge in [-0.15, -0.1) is 0 Å². The molecule has 7 nitrogen and oxygen atoms in total. The van der Waals surface area contributed by atoms with E-state index in [1.54, 1.807) is 31.2 Å². The van der Waals surface area contributed by atoms with Gasteiger partial charge in [0.05, 0.1) is 11.5 Å². The zero-order valence-electron chi connectivity index (χ0n) is 14.8. The molecule has 1 aliphatic heterocycles. The highest BCUT2D eigenvalue weighted by Crippen LogP contribution is 2.22. The highest BCUT2D eigenvalue weighted by Gasteiger charge is 2.25. The molecule has 1 fully saturated rings. The maximum absolute atomic E-state index is 12.8. The van der Waals surface area contributed by atoms with Crippen LogP contribution >= 0.6 is 0 Å². The molecule has 0 amide bonds. The van der Waals surface area contributed by atoms with Crippen LogP contribution in [0.2, 0.25) is 0 Å². The number of benzene rings is 1. The maximum Gasteiger partial charge on any atom is 0.350 e. The molecular weight excluding hydrogens is 354 g/mol. The van der Waals surface area contributed by atoms with Crippen LogP contribution in [0.4, 0.5) is 5.69 Å². The lowest BCUT2D eigenvalue weighted by Gasteiger charge is -2.20. The van der Waals surface area contributed by atoms with Gasteiger partial charge in [0.1, 0.15) is 6.07 Å². The molecule has 1 aromatic rings. The minimum Gasteiger partial charge on any atom is -0.462 e. The van der Waals surface area contributed by atoms with Gasteiger partial charge in [-0.05, 0) is 38.0 Å². The average Bonchev–Trinajstić information content (AvgIpc) is 2.93. The third-order valence-electron chi connectivity index (χ3n) is 4.04. The molecule has 1 aliphatic rings. The minimum atomic E-state index is -3.56. The van der Waals surface area contributed by atoms with Gasteiger partial charge in [-0.1, -0.05) is 18.9 Å². The molecule has 0 aliphatic carbocycles. The molecule has 8 heteroatoms. The number of carbonyl (C=O) groups is 1. The molecule has 0 spiro atoms. The van der Waals surface area contributed by atoms with Crippen molar-refractivity contribution in [3.63, 3.8) is 0 Å². The number of ether oxygens (including phenoxy) is 1. The number of hydrogen-bond donors (Lipinski definition) is 1. The summed E-state index contributed by atoms with van der Waals surface area (Å²) >= 11 is 0. The van der Waals surface area contributed by atoms with Gasteiger partial charge in [0.25, 0.3) is 0 Å². The van der Waals surface area contributed by atoms with E-state index in [1.165, 1.54) is 16.6 Å². The standard InChI is InChI=1S/C18H23N3O4S/c1-2-25-18(22)15(13-19)14-20-16-8-7-9-17(12-16)26(23,24)21-10-5-3-4-6-11-21/h7-9,12,14,20H,2-6,10-11H2,1H3/b15-14+. The monoisotopic (exact) mass is 377 g/mol. The van der Waals surface area contributed by atoms with E-state index >= 15 is 0 Å². The Morgan fingerprint density at radius 2 is 2.00 bits per heavy atom. The Balaban J connectivity index is 2.19. The van der Waals surface area contributed by atoms with Gasteiger partial charge in [-0.3, -0.25) is 0 Å². The average molecular weight is 377 g/mol. The van der Waals surface area contributed by atoms with Gasteiger partial charge in [-0.25, -0.2) is 13.2 Å². The first-order valence-electron chi connectivity index (χ1n) is 8.63. The third kappa shape index (κ3) is 5.07. The lowest BCUT2D eigenvalue weighted by molar-refractivity contribution is -0.138. The molecule has 0 saturated carbocycles. The fourth-order valence-electron chi connectivity index (χ4n) is 2.68. The second kappa shape index (κ2) is 9.36. The van der Waals surface area contributed by atoms with Crippen molar-refractivity contribution in [2.75, 3.05) is 25.0 Å². The van der Waals surface area contributed by atoms with E-state index in [1.807, 2.05) is 0 Å². The summed E-state index contributed by atoms with van der Waals surface area (Å²) in [7, 11) is -3.56. The summed E-state index contributed by atoms with van der Waals surface area (Å²) in [6, 6.07) is 8.09. The Labute approximate surface area is 154 Å². The van der Waals surface area contributed by atoms with Crippen molar-refractivity contribution in [1.29, 1.82) is 5.26 Å². The van der Waals surface area contributed by atoms with Gasteiger partial charge in [-0.2, -0.15) is 9.57 Å². The second-order valence-corrected chi connectivity index (χ2v) is 7.82. The van der Waals surface area contributed by atoms with Crippen molar-refractivity contribution in [3.8, 4) is 6.07 Å². The maximum atomic E-state index is 12.8. The van der Waals surface area contributed by atoms with E-state index in [9.17, 15) is 13.2 Å². The van der Waals surface area contributed by atoms with Crippen molar-refractivity contribution in [2.45, 2.75) is 37.5 Å². The highest BCUT2D eigenvalue weighted by atomic mass is 32.2. The number of esters is 1. The minimum absolute atomic E-state index is 0.168. The molecule has 1 aromatic carbocycles. The summed E-state index contributed by atoms with van der Waals surface area (Å²) in [5.74, 6) is -0.726. The number of nitriles is 1. The number of nitrogens with one attached hydrogen (secondary N) is 1. The molecule has 0 radical (unpaired) electrons. The summed E-state index contributed by atoms with van der Waals surface area (Å²) < 4.78 is 32.0. The van der Waals surface area contributed by atoms with E-state index in [0.29, 0.717) is 18.8 Å². The number of nitrogens with zero attached hydrogens (tertiary/aromatic N) is 2. The normalized spacial score (nSPS) is 16.4. The van der Waals surface area contributed by atoms with E-state index in [-0.39, 0.29) is 17.1 Å². The zero-order valence-corrected chi connectivity index (χ0v) is 15.6. The van der Waals surface area contributed by atoms with Crippen molar-refractivity contribution in [1.82, 2.24) is 4.31 Å². The van der Waals surface area contributed by atoms with Gasteiger partial charge in [0, 0.05) is 25.0 Å². The van der Waals surface area contributed by atoms with Gasteiger partial charge < -0.3 is 10.1 Å². The van der Waals surface area contributed by atoms with E-state index in [2.05, 4.69) is 5.32 Å². The van der Waals surface area contributed by atoms with Crippen LogP contribution < -0.4 is 5.32 Å². The van der Waals surface area contributed by atoms with Crippen LogP contribution in [0.25, 0.3) is 0 Å². The largest absolute Gasteiger partial charge is 0.462 e. The summed E-state index contributed by atoms with van der Waals surface area (Å²) in [6.45, 7) is 2.88. The quantitative estimate of drug-likeness (QED) is 0.465. The first kappa shape index (κ1) is 19.9. The number of sulfonamides is 1. The zero-order chi connectivity index (χ0) is 19.0. The van der Waals surface area contributed by atoms with Gasteiger partial charge in [0.15, 0.2) is 5.57 Å². The molecule has 26 heavy (non-hydrogen) atoms. The highest BCUT2D eigenvalue weighted by molar-refractivity contribution is 7.89. The molecule has 2 rings (SSSR count). The number of rotatable bonds is 6. The summed E-state index contributed by atoms with van der Waals surface area (Å²) in [6.07, 6.45) is 5.04. The van der Waals surface area contributed by atoms with Crippen molar-refractivity contribution in [3.05, 3.63) is 36.0 Å². The number of anilines is 1. The lowest BCUT2D eigenvalue weighted by Crippen LogP contribution is -2.31. The first-order valence-corrected chi connectivity index (χ1v) is 10.1. The van der Waals surface area contributed by atoms with Crippen LogP contribution in [-0.2, 0) is 19.6 Å². The van der Waals surface area contributed by atoms with E-state index in [0.717, 1.165) is 25.7 Å². The molecule has 0 bridgehead atoms. The Hall–Kier alpha value is -2.37. The van der Waals surface area contributed by atoms with Crippen LogP contribution in [-0.4, -0.2) is 38.4 Å². The van der Waals surface area contributed by atoms with Crippen LogP contribution in [0, 0.1) is 11.3 Å². The van der Waals surface area contributed by atoms with Crippen LogP contribution in [0.15, 0.2) is 40.9 Å². The Bertz CT molecular complexity index is 804. The molecule has 1 heterocycles. The van der Waals surface area contributed by atoms with E-state index < -0.39 is 16.0 Å². The molecule has 1 N–H and O–H groups in total. The topological polar surface area (TPSA) is 99.5 Å². The second-order valence-electron chi connectivity index (χ2n) is 5.88. The number of hydrogen-bond acceptors (Lipinski definition) is 6. The lowest BCUT2D eigenvalue weighted by atomic mass is 10.2. The fraction of sp³-hybridized carbons (Fsp3) is 0.444. The van der Waals surface area contributed by atoms with Crippen LogP contribution in [0.5, 0.6) is 0 Å². The molecular formula is C18H23N3O4S. The fourth-order valence-corrected chi connectivity index (χ4v) is 4.24. The molecule has 0 unspecified atom stereocenters. The third-order valence-corrected chi connectivity index (χ3v) is 5.93. The predicted molar refractivity (Wildman–Crippen MR) is 97.6 cm³/mol. The van der Waals surface area contributed by atoms with Crippen LogP contribution in [0.3, 0.4) is 0 Å². The van der Waals surface area contributed by atoms with Gasteiger partial charge >= 0.3 is 5.97 Å². The van der Waals surface area contributed by atoms with Crippen LogP contribution in [0.1, 0.15) is 32.6 Å². The van der Waals surface area contributed by atoms with E-state index in [4.69, 9.17) is 10.00 Å². The summed E-state index contributed by atoms with van der Waals surface area (Å²) in [5, 5.41) is 11.8.